The SMILES string of the molecule is Cn1ccc2c([C@H](Nc3cc(C#N)c4ncc(C#N)c(NCC(C)(C)C)c4c3)c3cn(C4(C(F)F)CC4)nn3)ccnc21. The van der Waals surface area contributed by atoms with E-state index >= 15 is 0 Å². The number of nitriles is 2. The van der Waals surface area contributed by atoms with Crippen LogP contribution in [-0.2, 0) is 12.6 Å². The molecule has 1 atom stereocenters. The first-order valence-electron chi connectivity index (χ1n) is 13.9. The molecule has 1 aliphatic rings. The highest BCUT2D eigenvalue weighted by molar-refractivity contribution is 5.99. The van der Waals surface area contributed by atoms with Crippen molar-refractivity contribution in [2.24, 2.45) is 12.5 Å². The van der Waals surface area contributed by atoms with Crippen molar-refractivity contribution >= 4 is 33.3 Å². The molecule has 10 nitrogen and oxygen atoms in total. The molecule has 1 fully saturated rings. The van der Waals surface area contributed by atoms with E-state index in [4.69, 9.17) is 0 Å². The maximum Gasteiger partial charge on any atom is 0.263 e. The van der Waals surface area contributed by atoms with Crippen molar-refractivity contribution in [2.75, 3.05) is 17.2 Å². The molecule has 218 valence electrons. The van der Waals surface area contributed by atoms with Crippen molar-refractivity contribution in [1.29, 1.82) is 10.5 Å². The topological polar surface area (TPSA) is 133 Å². The zero-order valence-electron chi connectivity index (χ0n) is 24.2. The first-order chi connectivity index (χ1) is 20.5. The van der Waals surface area contributed by atoms with Crippen LogP contribution in [0.25, 0.3) is 21.9 Å². The molecule has 6 rings (SSSR count). The lowest BCUT2D eigenvalue weighted by molar-refractivity contribution is 0.0593. The zero-order valence-corrected chi connectivity index (χ0v) is 24.2. The Balaban J connectivity index is 1.50. The third kappa shape index (κ3) is 4.99. The van der Waals surface area contributed by atoms with Crippen molar-refractivity contribution in [3.8, 4) is 12.1 Å². The van der Waals surface area contributed by atoms with Crippen LogP contribution in [0.5, 0.6) is 0 Å². The summed E-state index contributed by atoms with van der Waals surface area (Å²) in [6, 6.07) is 11.2. The summed E-state index contributed by atoms with van der Waals surface area (Å²) in [5, 5.41) is 36.8. The smallest absolute Gasteiger partial charge is 0.263 e. The number of aryl methyl sites for hydroxylation is 1. The standard InChI is InChI=1S/C31H30F2N10/c1-30(2,3)17-38-26-19(14-35)15-37-25-18(13-34)11-20(12-23(25)26)39-27(21-5-9-36-28-22(21)6-10-42(28)4)24-16-43(41-40-24)31(7-8-31)29(32)33/h5-6,9-12,15-16,27,29,39H,7-8,17H2,1-4H3,(H,37,38)/t27-/m0/s1. The summed E-state index contributed by atoms with van der Waals surface area (Å²) < 4.78 is 31.1. The molecule has 5 aromatic rings. The number of rotatable bonds is 8. The molecule has 4 aromatic heterocycles. The lowest BCUT2D eigenvalue weighted by atomic mass is 9.96. The van der Waals surface area contributed by atoms with Gasteiger partial charge in [-0.15, -0.1) is 5.10 Å². The van der Waals surface area contributed by atoms with Gasteiger partial charge >= 0.3 is 0 Å². The summed E-state index contributed by atoms with van der Waals surface area (Å²) in [4.78, 5) is 8.95. The average Bonchev–Trinajstić information content (AvgIpc) is 3.50. The molecule has 1 aromatic carbocycles. The van der Waals surface area contributed by atoms with E-state index < -0.39 is 18.0 Å². The van der Waals surface area contributed by atoms with E-state index in [0.717, 1.165) is 16.6 Å². The average molecular weight is 581 g/mol. The predicted molar refractivity (Wildman–Crippen MR) is 159 cm³/mol. The fraction of sp³-hybridized carbons (Fsp3) is 0.355. The van der Waals surface area contributed by atoms with E-state index in [1.807, 2.05) is 36.0 Å². The van der Waals surface area contributed by atoms with Crippen molar-refractivity contribution in [3.05, 3.63) is 71.4 Å². The van der Waals surface area contributed by atoms with Crippen LogP contribution in [0.4, 0.5) is 20.2 Å². The quantitative estimate of drug-likeness (QED) is 0.233. The molecule has 2 N–H and O–H groups in total. The minimum Gasteiger partial charge on any atom is -0.383 e. The Kier molecular flexibility index (Phi) is 6.73. The molecular weight excluding hydrogens is 550 g/mol. The number of hydrogen-bond acceptors (Lipinski definition) is 8. The third-order valence-electron chi connectivity index (χ3n) is 7.86. The van der Waals surface area contributed by atoms with Crippen LogP contribution in [0.1, 0.15) is 62.0 Å². The lowest BCUT2D eigenvalue weighted by Gasteiger charge is -2.22. The van der Waals surface area contributed by atoms with Gasteiger partial charge in [-0.05, 0) is 48.1 Å². The Morgan fingerprint density at radius 3 is 2.51 bits per heavy atom. The summed E-state index contributed by atoms with van der Waals surface area (Å²) in [6.07, 6.45) is 4.74. The van der Waals surface area contributed by atoms with Gasteiger partial charge in [0.2, 0.25) is 0 Å². The van der Waals surface area contributed by atoms with Crippen LogP contribution in [0, 0.1) is 28.1 Å². The maximum atomic E-state index is 13.9. The molecule has 0 aliphatic heterocycles. The Morgan fingerprint density at radius 2 is 1.84 bits per heavy atom. The fourth-order valence-corrected chi connectivity index (χ4v) is 5.32. The van der Waals surface area contributed by atoms with Crippen LogP contribution in [-0.4, -0.2) is 42.5 Å². The minimum absolute atomic E-state index is 0.0767. The van der Waals surface area contributed by atoms with Gasteiger partial charge in [0, 0.05) is 48.6 Å². The second-order valence-corrected chi connectivity index (χ2v) is 12.2. The first kappa shape index (κ1) is 28.0. The molecule has 0 bridgehead atoms. The van der Waals surface area contributed by atoms with Gasteiger partial charge in [-0.2, -0.15) is 10.5 Å². The zero-order chi connectivity index (χ0) is 30.5. The van der Waals surface area contributed by atoms with Gasteiger partial charge in [-0.25, -0.2) is 18.4 Å². The highest BCUT2D eigenvalue weighted by atomic mass is 19.3. The highest BCUT2D eigenvalue weighted by Gasteiger charge is 2.54. The van der Waals surface area contributed by atoms with Crippen LogP contribution < -0.4 is 10.6 Å². The van der Waals surface area contributed by atoms with Gasteiger partial charge in [0.05, 0.1) is 34.6 Å². The molecule has 12 heteroatoms. The number of hydrogen-bond donors (Lipinski definition) is 2. The maximum absolute atomic E-state index is 13.9. The van der Waals surface area contributed by atoms with E-state index in [0.29, 0.717) is 58.5 Å². The number of nitrogens with one attached hydrogen (secondary N) is 2. The summed E-state index contributed by atoms with van der Waals surface area (Å²) in [6.45, 7) is 6.83. The number of alkyl halides is 2. The highest BCUT2D eigenvalue weighted by Crippen LogP contribution is 2.48. The Labute approximate surface area is 247 Å². The molecular formula is C31H30F2N10. The number of pyridine rings is 2. The number of nitrogens with zero attached hydrogens (tertiary/aromatic N) is 8. The fourth-order valence-electron chi connectivity index (χ4n) is 5.32. The Hall–Kier alpha value is -5.10. The number of anilines is 2. The largest absolute Gasteiger partial charge is 0.383 e. The number of aromatic nitrogens is 6. The predicted octanol–water partition coefficient (Wildman–Crippen LogP) is 5.87. The van der Waals surface area contributed by atoms with Gasteiger partial charge in [0.15, 0.2) is 0 Å². The Bertz CT molecular complexity index is 1930. The van der Waals surface area contributed by atoms with E-state index in [-0.39, 0.29) is 5.41 Å². The molecule has 0 unspecified atom stereocenters. The third-order valence-corrected chi connectivity index (χ3v) is 7.86. The number of benzene rings is 1. The first-order valence-corrected chi connectivity index (χ1v) is 13.9. The Morgan fingerprint density at radius 1 is 1.07 bits per heavy atom. The van der Waals surface area contributed by atoms with Crippen LogP contribution in [0.2, 0.25) is 0 Å². The van der Waals surface area contributed by atoms with Crippen molar-refractivity contribution in [2.45, 2.75) is 51.6 Å². The van der Waals surface area contributed by atoms with Gasteiger partial charge in [0.25, 0.3) is 6.43 Å². The van der Waals surface area contributed by atoms with E-state index in [9.17, 15) is 19.3 Å². The van der Waals surface area contributed by atoms with Crippen LogP contribution in [0.15, 0.2) is 49.1 Å². The molecule has 0 amide bonds. The van der Waals surface area contributed by atoms with Gasteiger partial charge in [-0.3, -0.25) is 4.98 Å². The minimum atomic E-state index is -2.56. The van der Waals surface area contributed by atoms with E-state index in [1.165, 1.54) is 10.9 Å². The van der Waals surface area contributed by atoms with Crippen molar-refractivity contribution < 1.29 is 8.78 Å². The second kappa shape index (κ2) is 10.3. The summed E-state index contributed by atoms with van der Waals surface area (Å²) in [5.41, 5.74) is 2.89. The normalized spacial score (nSPS) is 14.9. The molecule has 1 aliphatic carbocycles. The monoisotopic (exact) mass is 580 g/mol. The lowest BCUT2D eigenvalue weighted by Crippen LogP contribution is -2.26. The van der Waals surface area contributed by atoms with E-state index in [2.05, 4.69) is 63.8 Å². The number of fused-ring (bicyclic) bond motifs is 2. The molecule has 0 radical (unpaired) electrons. The second-order valence-electron chi connectivity index (χ2n) is 12.2. The van der Waals surface area contributed by atoms with Gasteiger partial charge < -0.3 is 15.2 Å². The summed E-state index contributed by atoms with van der Waals surface area (Å²) in [5.74, 6) is 0. The van der Waals surface area contributed by atoms with E-state index in [1.54, 1.807) is 18.5 Å². The molecule has 0 spiro atoms. The molecule has 1 saturated carbocycles. The van der Waals surface area contributed by atoms with Crippen LogP contribution in [0.3, 0.4) is 0 Å². The van der Waals surface area contributed by atoms with Crippen LogP contribution >= 0.6 is 0 Å². The van der Waals surface area contributed by atoms with Gasteiger partial charge in [-0.1, -0.05) is 26.0 Å². The molecule has 43 heavy (non-hydrogen) atoms. The summed E-state index contributed by atoms with van der Waals surface area (Å²) >= 11 is 0. The van der Waals surface area contributed by atoms with Crippen molar-refractivity contribution in [3.63, 3.8) is 0 Å². The molecule has 0 saturated heterocycles. The van der Waals surface area contributed by atoms with Crippen molar-refractivity contribution in [1.82, 2.24) is 29.5 Å². The number of halogens is 2. The molecule has 4 heterocycles. The van der Waals surface area contributed by atoms with Gasteiger partial charge in [0.1, 0.15) is 29.0 Å². The summed E-state index contributed by atoms with van der Waals surface area (Å²) in [7, 11) is 1.89.